The largest absolute Gasteiger partial charge is 0.493 e. The Morgan fingerprint density at radius 3 is 2.48 bits per heavy atom. The smallest absolute Gasteiger partial charge is 0.230 e. The van der Waals surface area contributed by atoms with Crippen molar-refractivity contribution in [3.63, 3.8) is 0 Å². The number of benzene rings is 2. The number of hydrogen-bond acceptors (Lipinski definition) is 4. The summed E-state index contributed by atoms with van der Waals surface area (Å²) in [7, 11) is 2.09. The molecule has 0 radical (unpaired) electrons. The van der Waals surface area contributed by atoms with E-state index >= 15 is 0 Å². The van der Waals surface area contributed by atoms with Gasteiger partial charge in [0.2, 0.25) is 5.89 Å². The van der Waals surface area contributed by atoms with E-state index in [1.54, 1.807) is 0 Å². The highest BCUT2D eigenvalue weighted by Gasteiger charge is 2.16. The van der Waals surface area contributed by atoms with E-state index < -0.39 is 0 Å². The molecule has 130 valence electrons. The van der Waals surface area contributed by atoms with Crippen molar-refractivity contribution in [1.82, 2.24) is 9.88 Å². The van der Waals surface area contributed by atoms with E-state index in [2.05, 4.69) is 36.2 Å². The molecule has 0 aliphatic carbocycles. The molecule has 1 heterocycles. The minimum Gasteiger partial charge on any atom is -0.493 e. The van der Waals surface area contributed by atoms with E-state index in [-0.39, 0.29) is 0 Å². The molecule has 0 saturated heterocycles. The van der Waals surface area contributed by atoms with Crippen LogP contribution in [0.3, 0.4) is 0 Å². The van der Waals surface area contributed by atoms with Gasteiger partial charge in [0.1, 0.15) is 11.5 Å². The van der Waals surface area contributed by atoms with Gasteiger partial charge >= 0.3 is 0 Å². The number of para-hydroxylation sites is 1. The van der Waals surface area contributed by atoms with Crippen LogP contribution in [0.5, 0.6) is 5.75 Å². The third-order valence-corrected chi connectivity index (χ3v) is 4.02. The maximum absolute atomic E-state index is 5.92. The van der Waals surface area contributed by atoms with Gasteiger partial charge in [0.15, 0.2) is 0 Å². The fourth-order valence-electron chi connectivity index (χ4n) is 2.82. The standard InChI is InChI=1S/C21H24N2O2/c1-4-24-20-13-9-8-12-18(20)21-22-19(16(2)25-21)15-23(3)14-17-10-6-5-7-11-17/h5-13H,4,14-15H2,1-3H3. The summed E-state index contributed by atoms with van der Waals surface area (Å²) < 4.78 is 11.6. The summed E-state index contributed by atoms with van der Waals surface area (Å²) in [6.07, 6.45) is 0. The van der Waals surface area contributed by atoms with Crippen LogP contribution in [-0.4, -0.2) is 23.5 Å². The van der Waals surface area contributed by atoms with E-state index in [0.29, 0.717) is 12.5 Å². The van der Waals surface area contributed by atoms with E-state index in [1.807, 2.05) is 44.2 Å². The molecule has 3 rings (SSSR count). The molecule has 1 aromatic heterocycles. The van der Waals surface area contributed by atoms with Crippen LogP contribution in [0.1, 0.15) is 23.9 Å². The molecule has 3 aromatic rings. The van der Waals surface area contributed by atoms with Crippen molar-refractivity contribution in [2.75, 3.05) is 13.7 Å². The van der Waals surface area contributed by atoms with Crippen molar-refractivity contribution in [2.24, 2.45) is 0 Å². The number of nitrogens with zero attached hydrogens (tertiary/aromatic N) is 2. The predicted molar refractivity (Wildman–Crippen MR) is 99.5 cm³/mol. The molecule has 0 aliphatic rings. The average molecular weight is 336 g/mol. The third kappa shape index (κ3) is 4.28. The first-order valence-corrected chi connectivity index (χ1v) is 8.58. The Kier molecular flexibility index (Phi) is 5.51. The number of rotatable bonds is 7. The van der Waals surface area contributed by atoms with Gasteiger partial charge in [-0.3, -0.25) is 4.90 Å². The fraction of sp³-hybridized carbons (Fsp3) is 0.286. The quantitative estimate of drug-likeness (QED) is 0.628. The zero-order valence-electron chi connectivity index (χ0n) is 15.0. The molecule has 2 aromatic carbocycles. The van der Waals surface area contributed by atoms with Crippen molar-refractivity contribution in [1.29, 1.82) is 0 Å². The fourth-order valence-corrected chi connectivity index (χ4v) is 2.82. The van der Waals surface area contributed by atoms with E-state index in [1.165, 1.54) is 5.56 Å². The Morgan fingerprint density at radius 1 is 1.00 bits per heavy atom. The van der Waals surface area contributed by atoms with Crippen LogP contribution in [-0.2, 0) is 13.1 Å². The molecule has 0 N–H and O–H groups in total. The molecule has 0 atom stereocenters. The molecule has 0 saturated carbocycles. The summed E-state index contributed by atoms with van der Waals surface area (Å²) in [6.45, 7) is 6.16. The lowest BCUT2D eigenvalue weighted by Gasteiger charge is -2.15. The van der Waals surface area contributed by atoms with Crippen LogP contribution in [0.4, 0.5) is 0 Å². The Labute approximate surface area is 149 Å². The number of aryl methyl sites for hydroxylation is 1. The lowest BCUT2D eigenvalue weighted by molar-refractivity contribution is 0.313. The van der Waals surface area contributed by atoms with Crippen LogP contribution in [0.15, 0.2) is 59.0 Å². The SMILES string of the molecule is CCOc1ccccc1-c1nc(CN(C)Cc2ccccc2)c(C)o1. The average Bonchev–Trinajstić information content (AvgIpc) is 2.97. The zero-order chi connectivity index (χ0) is 17.6. The minimum absolute atomic E-state index is 0.614. The normalized spacial score (nSPS) is 11.0. The summed E-state index contributed by atoms with van der Waals surface area (Å²) in [5.74, 6) is 2.27. The van der Waals surface area contributed by atoms with Crippen molar-refractivity contribution in [3.05, 3.63) is 71.6 Å². The van der Waals surface area contributed by atoms with E-state index in [4.69, 9.17) is 14.1 Å². The summed E-state index contributed by atoms with van der Waals surface area (Å²) in [5, 5.41) is 0. The highest BCUT2D eigenvalue weighted by Crippen LogP contribution is 2.30. The molecule has 0 unspecified atom stereocenters. The highest BCUT2D eigenvalue weighted by atomic mass is 16.5. The number of aromatic nitrogens is 1. The lowest BCUT2D eigenvalue weighted by atomic mass is 10.2. The first-order valence-electron chi connectivity index (χ1n) is 8.58. The topological polar surface area (TPSA) is 38.5 Å². The van der Waals surface area contributed by atoms with Gasteiger partial charge < -0.3 is 9.15 Å². The summed E-state index contributed by atoms with van der Waals surface area (Å²) in [6, 6.07) is 18.3. The second-order valence-electron chi connectivity index (χ2n) is 6.11. The van der Waals surface area contributed by atoms with Gasteiger partial charge in [-0.05, 0) is 38.6 Å². The van der Waals surface area contributed by atoms with Gasteiger partial charge in [0.25, 0.3) is 0 Å². The van der Waals surface area contributed by atoms with Gasteiger partial charge in [-0.15, -0.1) is 0 Å². The van der Waals surface area contributed by atoms with Gasteiger partial charge in [0.05, 0.1) is 17.9 Å². The Bertz CT molecular complexity index is 812. The molecule has 0 fully saturated rings. The van der Waals surface area contributed by atoms with Crippen molar-refractivity contribution in [3.8, 4) is 17.2 Å². The predicted octanol–water partition coefficient (Wildman–Crippen LogP) is 4.68. The van der Waals surface area contributed by atoms with Crippen LogP contribution < -0.4 is 4.74 Å². The second kappa shape index (κ2) is 7.99. The van der Waals surface area contributed by atoms with Crippen molar-refractivity contribution >= 4 is 0 Å². The van der Waals surface area contributed by atoms with E-state index in [0.717, 1.165) is 35.9 Å². The molecule has 25 heavy (non-hydrogen) atoms. The number of oxazole rings is 1. The van der Waals surface area contributed by atoms with Crippen LogP contribution >= 0.6 is 0 Å². The molecule has 4 heteroatoms. The Hall–Kier alpha value is -2.59. The van der Waals surface area contributed by atoms with Crippen LogP contribution in [0.25, 0.3) is 11.5 Å². The molecular formula is C21H24N2O2. The molecule has 0 aliphatic heterocycles. The third-order valence-electron chi connectivity index (χ3n) is 4.02. The van der Waals surface area contributed by atoms with Gasteiger partial charge in [-0.2, -0.15) is 0 Å². The summed E-state index contributed by atoms with van der Waals surface area (Å²) in [4.78, 5) is 6.95. The Balaban J connectivity index is 1.76. The molecule has 0 spiro atoms. The van der Waals surface area contributed by atoms with E-state index in [9.17, 15) is 0 Å². The molecule has 4 nitrogen and oxygen atoms in total. The molecule has 0 bridgehead atoms. The highest BCUT2D eigenvalue weighted by molar-refractivity contribution is 5.63. The van der Waals surface area contributed by atoms with Crippen LogP contribution in [0, 0.1) is 6.92 Å². The Morgan fingerprint density at radius 2 is 1.72 bits per heavy atom. The number of hydrogen-bond donors (Lipinski definition) is 0. The minimum atomic E-state index is 0.614. The van der Waals surface area contributed by atoms with Gasteiger partial charge in [-0.1, -0.05) is 42.5 Å². The second-order valence-corrected chi connectivity index (χ2v) is 6.11. The van der Waals surface area contributed by atoms with Gasteiger partial charge in [0, 0.05) is 13.1 Å². The summed E-state index contributed by atoms with van der Waals surface area (Å²) in [5.41, 5.74) is 3.14. The zero-order valence-corrected chi connectivity index (χ0v) is 15.0. The maximum Gasteiger partial charge on any atom is 0.230 e. The van der Waals surface area contributed by atoms with Crippen molar-refractivity contribution < 1.29 is 9.15 Å². The molecule has 0 amide bonds. The van der Waals surface area contributed by atoms with Crippen LogP contribution in [0.2, 0.25) is 0 Å². The maximum atomic E-state index is 5.92. The molecular weight excluding hydrogens is 312 g/mol. The van der Waals surface area contributed by atoms with Crippen molar-refractivity contribution in [2.45, 2.75) is 26.9 Å². The lowest BCUT2D eigenvalue weighted by Crippen LogP contribution is -2.17. The first kappa shape index (κ1) is 17.2. The van der Waals surface area contributed by atoms with Gasteiger partial charge in [-0.25, -0.2) is 4.98 Å². The first-order chi connectivity index (χ1) is 12.2. The summed E-state index contributed by atoms with van der Waals surface area (Å²) >= 11 is 0. The number of ether oxygens (including phenoxy) is 1. The monoisotopic (exact) mass is 336 g/mol.